The van der Waals surface area contributed by atoms with Gasteiger partial charge in [-0.1, -0.05) is 12.1 Å². The van der Waals surface area contributed by atoms with E-state index in [-0.39, 0.29) is 21.9 Å². The minimum atomic E-state index is -1.22. The van der Waals surface area contributed by atoms with Crippen molar-refractivity contribution in [3.63, 3.8) is 0 Å². The maximum atomic E-state index is 12.5. The molecule has 1 heterocycles. The number of carboxylic acids is 1. The molecule has 146 valence electrons. The average molecular weight is 404 g/mol. The molecule has 2 rings (SSSR count). The second-order valence-electron chi connectivity index (χ2n) is 5.31. The van der Waals surface area contributed by atoms with Gasteiger partial charge in [0.25, 0.3) is 5.91 Å². The molecule has 28 heavy (non-hydrogen) atoms. The van der Waals surface area contributed by atoms with Crippen LogP contribution in [0.5, 0.6) is 0 Å². The van der Waals surface area contributed by atoms with E-state index in [4.69, 9.17) is 5.11 Å². The number of aromatic carboxylic acids is 1. The second kappa shape index (κ2) is 8.86. The molecule has 0 aliphatic heterocycles. The van der Waals surface area contributed by atoms with Crippen LogP contribution >= 0.6 is 11.3 Å². The van der Waals surface area contributed by atoms with Crippen LogP contribution < -0.4 is 5.32 Å². The number of azo groups is 1. The van der Waals surface area contributed by atoms with Crippen molar-refractivity contribution < 1.29 is 29.3 Å². The highest BCUT2D eigenvalue weighted by Crippen LogP contribution is 2.25. The topological polar surface area (TPSA) is 151 Å². The first-order chi connectivity index (χ1) is 13.2. The van der Waals surface area contributed by atoms with Gasteiger partial charge in [0.1, 0.15) is 11.4 Å². The number of benzene rings is 1. The number of aromatic nitrogens is 1. The Balaban J connectivity index is 2.32. The van der Waals surface area contributed by atoms with E-state index in [2.05, 4.69) is 25.3 Å². The van der Waals surface area contributed by atoms with Gasteiger partial charge in [0.2, 0.25) is 0 Å². The predicted molar refractivity (Wildman–Crippen MR) is 100 cm³/mol. The monoisotopic (exact) mass is 404 g/mol. The lowest BCUT2D eigenvalue weighted by Crippen LogP contribution is -2.17. The van der Waals surface area contributed by atoms with Crippen LogP contribution in [0.1, 0.15) is 32.0 Å². The Morgan fingerprint density at radius 3 is 2.50 bits per heavy atom. The Kier molecular flexibility index (Phi) is 6.55. The normalized spacial score (nSPS) is 11.8. The molecule has 0 fully saturated rings. The van der Waals surface area contributed by atoms with Crippen LogP contribution in [-0.4, -0.2) is 40.2 Å². The van der Waals surface area contributed by atoms with Crippen LogP contribution in [-0.2, 0) is 9.53 Å². The molecular weight excluding hydrogens is 388 g/mol. The van der Waals surface area contributed by atoms with E-state index in [1.165, 1.54) is 32.2 Å². The number of amides is 1. The lowest BCUT2D eigenvalue weighted by atomic mass is 10.2. The fraction of sp³-hybridized carbons (Fsp3) is 0.176. The number of aryl methyl sites for hydroxylation is 1. The lowest BCUT2D eigenvalue weighted by Gasteiger charge is -2.05. The van der Waals surface area contributed by atoms with E-state index >= 15 is 0 Å². The van der Waals surface area contributed by atoms with E-state index in [9.17, 15) is 19.5 Å². The van der Waals surface area contributed by atoms with Gasteiger partial charge in [-0.2, -0.15) is 0 Å². The molecule has 1 amide bonds. The number of nitrogens with zero attached hydrogens (tertiary/aromatic N) is 3. The molecule has 0 aliphatic carbocycles. The molecule has 10 nitrogen and oxygen atoms in total. The summed E-state index contributed by atoms with van der Waals surface area (Å²) < 4.78 is 4.64. The van der Waals surface area contributed by atoms with Gasteiger partial charge in [0.15, 0.2) is 16.4 Å². The number of carbonyl (C=O) groups is 3. The first-order valence-electron chi connectivity index (χ1n) is 7.75. The Hall–Kier alpha value is -3.60. The summed E-state index contributed by atoms with van der Waals surface area (Å²) in [6.07, 6.45) is 0. The molecular formula is C17H16N4O6S. The SMILES string of the molecule is COC(=O)c1sc(C)nc1NC(=O)C(N=Nc1ccccc1C(=O)O)=C(C)O. The minimum absolute atomic E-state index is 0.00121. The second-order valence-corrected chi connectivity index (χ2v) is 6.52. The third-order valence-electron chi connectivity index (χ3n) is 3.29. The molecule has 3 N–H and O–H groups in total. The highest BCUT2D eigenvalue weighted by Gasteiger charge is 2.22. The number of methoxy groups -OCH3 is 1. The number of aliphatic hydroxyl groups excluding tert-OH is 1. The zero-order chi connectivity index (χ0) is 20.8. The number of ether oxygens (including phenoxy) is 1. The molecule has 0 aliphatic rings. The summed E-state index contributed by atoms with van der Waals surface area (Å²) in [5, 5.41) is 29.3. The minimum Gasteiger partial charge on any atom is -0.510 e. The maximum Gasteiger partial charge on any atom is 0.351 e. The van der Waals surface area contributed by atoms with Crippen molar-refractivity contribution in [3.05, 3.63) is 51.2 Å². The van der Waals surface area contributed by atoms with Gasteiger partial charge in [-0.25, -0.2) is 14.6 Å². The van der Waals surface area contributed by atoms with Crippen molar-refractivity contribution in [2.75, 3.05) is 12.4 Å². The van der Waals surface area contributed by atoms with Gasteiger partial charge < -0.3 is 20.3 Å². The quantitative estimate of drug-likeness (QED) is 0.289. The number of rotatable bonds is 6. The number of carbonyl (C=O) groups excluding carboxylic acids is 2. The maximum absolute atomic E-state index is 12.5. The Morgan fingerprint density at radius 2 is 1.89 bits per heavy atom. The molecule has 0 bridgehead atoms. The predicted octanol–water partition coefficient (Wildman–Crippen LogP) is 3.45. The fourth-order valence-electron chi connectivity index (χ4n) is 2.04. The van der Waals surface area contributed by atoms with Crippen LogP contribution in [0, 0.1) is 6.92 Å². The molecule has 1 aromatic heterocycles. The number of aliphatic hydroxyl groups is 1. The number of anilines is 1. The van der Waals surface area contributed by atoms with Gasteiger partial charge >= 0.3 is 11.9 Å². The molecule has 0 saturated heterocycles. The van der Waals surface area contributed by atoms with Crippen molar-refractivity contribution >= 4 is 40.7 Å². The molecule has 2 aromatic rings. The molecule has 0 radical (unpaired) electrons. The summed E-state index contributed by atoms with van der Waals surface area (Å²) in [6, 6.07) is 5.79. The Labute approximate surface area is 163 Å². The molecule has 1 aromatic carbocycles. The van der Waals surface area contributed by atoms with Crippen molar-refractivity contribution in [3.8, 4) is 0 Å². The standard InChI is InChI=1S/C17H16N4O6S/c1-8(22)12(21-20-11-7-5-4-6-10(11)16(24)25)15(23)19-14-13(17(26)27-3)28-9(2)18-14/h4-7,22H,1-3H3,(H,19,23)(H,24,25). The number of esters is 1. The van der Waals surface area contributed by atoms with E-state index in [1.807, 2.05) is 0 Å². The summed E-state index contributed by atoms with van der Waals surface area (Å²) in [4.78, 5) is 39.6. The van der Waals surface area contributed by atoms with Gasteiger partial charge in [0.05, 0.1) is 17.7 Å². The summed E-state index contributed by atoms with van der Waals surface area (Å²) >= 11 is 1.03. The van der Waals surface area contributed by atoms with Crippen molar-refractivity contribution in [1.29, 1.82) is 0 Å². The summed E-state index contributed by atoms with van der Waals surface area (Å²) in [6.45, 7) is 2.86. The highest BCUT2D eigenvalue weighted by atomic mass is 32.1. The van der Waals surface area contributed by atoms with Crippen molar-refractivity contribution in [2.45, 2.75) is 13.8 Å². The zero-order valence-electron chi connectivity index (χ0n) is 15.1. The number of nitrogens with one attached hydrogen (secondary N) is 1. The summed E-state index contributed by atoms with van der Waals surface area (Å²) in [5.41, 5.74) is -0.590. The van der Waals surface area contributed by atoms with E-state index in [0.717, 1.165) is 11.3 Å². The number of hydrogen-bond acceptors (Lipinski definition) is 9. The van der Waals surface area contributed by atoms with Crippen LogP contribution in [0.4, 0.5) is 11.5 Å². The zero-order valence-corrected chi connectivity index (χ0v) is 15.9. The first kappa shape index (κ1) is 20.7. The third-order valence-corrected chi connectivity index (χ3v) is 4.24. The summed E-state index contributed by atoms with van der Waals surface area (Å²) in [5.74, 6) is -3.28. The fourth-order valence-corrected chi connectivity index (χ4v) is 2.83. The van der Waals surface area contributed by atoms with Crippen LogP contribution in [0.25, 0.3) is 0 Å². The van der Waals surface area contributed by atoms with E-state index < -0.39 is 29.3 Å². The van der Waals surface area contributed by atoms with E-state index in [1.54, 1.807) is 13.0 Å². The molecule has 0 spiro atoms. The van der Waals surface area contributed by atoms with Crippen molar-refractivity contribution in [1.82, 2.24) is 4.98 Å². The van der Waals surface area contributed by atoms with Gasteiger partial charge in [-0.05, 0) is 26.0 Å². The Bertz CT molecular complexity index is 991. The van der Waals surface area contributed by atoms with Crippen LogP contribution in [0.3, 0.4) is 0 Å². The van der Waals surface area contributed by atoms with Crippen molar-refractivity contribution in [2.24, 2.45) is 10.2 Å². The number of allylic oxidation sites excluding steroid dienone is 1. The molecule has 11 heteroatoms. The number of thiazole rings is 1. The first-order valence-corrected chi connectivity index (χ1v) is 8.57. The highest BCUT2D eigenvalue weighted by molar-refractivity contribution is 7.14. The van der Waals surface area contributed by atoms with Gasteiger partial charge in [-0.3, -0.25) is 4.79 Å². The smallest absolute Gasteiger partial charge is 0.351 e. The van der Waals surface area contributed by atoms with Crippen LogP contribution in [0.15, 0.2) is 46.0 Å². The summed E-state index contributed by atoms with van der Waals surface area (Å²) in [7, 11) is 1.19. The van der Waals surface area contributed by atoms with Crippen LogP contribution in [0.2, 0.25) is 0 Å². The largest absolute Gasteiger partial charge is 0.510 e. The molecule has 0 unspecified atom stereocenters. The Morgan fingerprint density at radius 1 is 1.21 bits per heavy atom. The van der Waals surface area contributed by atoms with Gasteiger partial charge in [-0.15, -0.1) is 21.6 Å². The molecule has 0 saturated carbocycles. The van der Waals surface area contributed by atoms with Gasteiger partial charge in [0, 0.05) is 0 Å². The number of carboxylic acid groups (broad SMARTS) is 1. The third kappa shape index (κ3) is 4.76. The molecule has 0 atom stereocenters. The number of hydrogen-bond donors (Lipinski definition) is 3. The lowest BCUT2D eigenvalue weighted by molar-refractivity contribution is -0.113. The van der Waals surface area contributed by atoms with E-state index in [0.29, 0.717) is 5.01 Å². The average Bonchev–Trinajstić information content (AvgIpc) is 3.01.